The van der Waals surface area contributed by atoms with Crippen molar-refractivity contribution in [2.24, 2.45) is 0 Å². The highest BCUT2D eigenvalue weighted by atomic mass is 35.5. The molecule has 0 aliphatic carbocycles. The lowest BCUT2D eigenvalue weighted by Gasteiger charge is -2.32. The van der Waals surface area contributed by atoms with Crippen molar-refractivity contribution in [1.82, 2.24) is 10.2 Å². The molecule has 0 bridgehead atoms. The van der Waals surface area contributed by atoms with Gasteiger partial charge in [0.1, 0.15) is 12.6 Å². The van der Waals surface area contributed by atoms with Gasteiger partial charge >= 0.3 is 0 Å². The maximum absolute atomic E-state index is 14.0. The largest absolute Gasteiger partial charge is 0.352 e. The zero-order valence-corrected chi connectivity index (χ0v) is 25.0. The molecule has 0 saturated heterocycles. The second-order valence-corrected chi connectivity index (χ2v) is 12.0. The first kappa shape index (κ1) is 31.9. The molecule has 3 aromatic carbocycles. The molecule has 10 nitrogen and oxygen atoms in total. The van der Waals surface area contributed by atoms with Gasteiger partial charge in [-0.15, -0.1) is 0 Å². The summed E-state index contributed by atoms with van der Waals surface area (Å²) in [6.45, 7) is 4.37. The number of sulfonamides is 1. The van der Waals surface area contributed by atoms with Gasteiger partial charge in [-0.05, 0) is 56.7 Å². The van der Waals surface area contributed by atoms with Crippen LogP contribution in [0.15, 0.2) is 77.7 Å². The number of anilines is 1. The number of amides is 2. The SMILES string of the molecule is CC[C@H](C)NC(=O)[C@H](C)N(Cc1c(Cl)cccc1Cl)C(=O)CN(c1ccc([N+](=O)[O-])cc1)S(=O)(=O)c1ccccc1. The van der Waals surface area contributed by atoms with E-state index in [1.807, 2.05) is 13.8 Å². The smallest absolute Gasteiger partial charge is 0.269 e. The van der Waals surface area contributed by atoms with E-state index in [-0.39, 0.29) is 38.9 Å². The topological polar surface area (TPSA) is 130 Å². The summed E-state index contributed by atoms with van der Waals surface area (Å²) in [6.07, 6.45) is 0.659. The normalized spacial score (nSPS) is 12.7. The Balaban J connectivity index is 2.07. The first-order chi connectivity index (χ1) is 19.4. The Bertz CT molecular complexity index is 1480. The fraction of sp³-hybridized carbons (Fsp3) is 0.286. The summed E-state index contributed by atoms with van der Waals surface area (Å²) in [6, 6.07) is 15.9. The third-order valence-electron chi connectivity index (χ3n) is 6.52. The lowest BCUT2D eigenvalue weighted by Crippen LogP contribution is -2.52. The first-order valence-electron chi connectivity index (χ1n) is 12.7. The molecule has 0 unspecified atom stereocenters. The van der Waals surface area contributed by atoms with Gasteiger partial charge in [0.05, 0.1) is 15.5 Å². The minimum absolute atomic E-state index is 0.0280. The second-order valence-electron chi connectivity index (χ2n) is 9.31. The highest BCUT2D eigenvalue weighted by Gasteiger charge is 2.33. The molecule has 0 aliphatic heterocycles. The van der Waals surface area contributed by atoms with Crippen molar-refractivity contribution in [3.63, 3.8) is 0 Å². The maximum Gasteiger partial charge on any atom is 0.269 e. The van der Waals surface area contributed by atoms with Gasteiger partial charge in [0, 0.05) is 40.3 Å². The molecule has 0 spiro atoms. The van der Waals surface area contributed by atoms with Crippen LogP contribution in [0.1, 0.15) is 32.8 Å². The van der Waals surface area contributed by atoms with E-state index in [1.165, 1.54) is 48.2 Å². The van der Waals surface area contributed by atoms with Crippen LogP contribution < -0.4 is 9.62 Å². The molecular weight excluding hydrogens is 591 g/mol. The van der Waals surface area contributed by atoms with Crippen LogP contribution in [0.4, 0.5) is 11.4 Å². The van der Waals surface area contributed by atoms with Crippen LogP contribution in [-0.2, 0) is 26.2 Å². The minimum atomic E-state index is -4.31. The number of rotatable bonds is 12. The van der Waals surface area contributed by atoms with E-state index < -0.39 is 39.3 Å². The van der Waals surface area contributed by atoms with Gasteiger partial charge < -0.3 is 10.2 Å². The summed E-state index contributed by atoms with van der Waals surface area (Å²) in [4.78, 5) is 38.8. The summed E-state index contributed by atoms with van der Waals surface area (Å²) in [7, 11) is -4.31. The Hall–Kier alpha value is -3.67. The molecule has 1 N–H and O–H groups in total. The van der Waals surface area contributed by atoms with Crippen LogP contribution in [0.2, 0.25) is 10.0 Å². The van der Waals surface area contributed by atoms with Crippen molar-refractivity contribution in [2.75, 3.05) is 10.8 Å². The number of nitro benzene ring substituents is 1. The van der Waals surface area contributed by atoms with Gasteiger partial charge in [-0.3, -0.25) is 24.0 Å². The molecule has 3 aromatic rings. The average Bonchev–Trinajstić information content (AvgIpc) is 2.95. The van der Waals surface area contributed by atoms with Gasteiger partial charge in [-0.2, -0.15) is 0 Å². The maximum atomic E-state index is 14.0. The molecule has 0 heterocycles. The summed E-state index contributed by atoms with van der Waals surface area (Å²) >= 11 is 12.8. The highest BCUT2D eigenvalue weighted by Crippen LogP contribution is 2.29. The van der Waals surface area contributed by atoms with Crippen molar-refractivity contribution in [1.29, 1.82) is 0 Å². The third-order valence-corrected chi connectivity index (χ3v) is 9.01. The Morgan fingerprint density at radius 1 is 0.951 bits per heavy atom. The molecule has 0 saturated carbocycles. The molecular formula is C28H30Cl2N4O6S. The van der Waals surface area contributed by atoms with Crippen molar-refractivity contribution in [2.45, 2.75) is 50.7 Å². The monoisotopic (exact) mass is 620 g/mol. The summed E-state index contributed by atoms with van der Waals surface area (Å²) < 4.78 is 28.4. The number of nitrogens with zero attached hydrogens (tertiary/aromatic N) is 3. The standard InChI is InChI=1S/C28H30Cl2N4O6S/c1-4-19(2)31-28(36)20(3)32(17-24-25(29)11-8-12-26(24)30)27(35)18-33(21-13-15-22(16-14-21)34(37)38)41(39,40)23-9-6-5-7-10-23/h5-16,19-20H,4,17-18H2,1-3H3,(H,31,36)/t19-,20-/m0/s1. The molecule has 13 heteroatoms. The average molecular weight is 622 g/mol. The van der Waals surface area contributed by atoms with Crippen LogP contribution >= 0.6 is 23.2 Å². The number of hydrogen-bond donors (Lipinski definition) is 1. The number of halogens is 2. The van der Waals surface area contributed by atoms with Gasteiger partial charge in [-0.25, -0.2) is 8.42 Å². The van der Waals surface area contributed by atoms with E-state index >= 15 is 0 Å². The van der Waals surface area contributed by atoms with E-state index in [1.54, 1.807) is 24.3 Å². The van der Waals surface area contributed by atoms with Gasteiger partial charge in [0.2, 0.25) is 11.8 Å². The van der Waals surface area contributed by atoms with Crippen molar-refractivity contribution in [3.8, 4) is 0 Å². The van der Waals surface area contributed by atoms with Crippen molar-refractivity contribution < 1.29 is 22.9 Å². The van der Waals surface area contributed by atoms with Crippen LogP contribution in [0, 0.1) is 10.1 Å². The van der Waals surface area contributed by atoms with Gasteiger partial charge in [0.15, 0.2) is 0 Å². The molecule has 0 fully saturated rings. The molecule has 41 heavy (non-hydrogen) atoms. The number of nitro groups is 1. The number of carbonyl (C=O) groups excluding carboxylic acids is 2. The van der Waals surface area contributed by atoms with Gasteiger partial charge in [0.25, 0.3) is 15.7 Å². The zero-order valence-electron chi connectivity index (χ0n) is 22.7. The number of non-ortho nitro benzene ring substituents is 1. The highest BCUT2D eigenvalue weighted by molar-refractivity contribution is 7.92. The predicted octanol–water partition coefficient (Wildman–Crippen LogP) is 5.43. The fourth-order valence-corrected chi connectivity index (χ4v) is 5.84. The number of benzene rings is 3. The molecule has 0 radical (unpaired) electrons. The molecule has 218 valence electrons. The molecule has 0 aliphatic rings. The van der Waals surface area contributed by atoms with Crippen LogP contribution in [0.5, 0.6) is 0 Å². The number of nitrogens with one attached hydrogen (secondary N) is 1. The van der Waals surface area contributed by atoms with E-state index in [4.69, 9.17) is 23.2 Å². The minimum Gasteiger partial charge on any atom is -0.352 e. The van der Waals surface area contributed by atoms with E-state index in [9.17, 15) is 28.1 Å². The van der Waals surface area contributed by atoms with Crippen LogP contribution in [-0.4, -0.2) is 48.7 Å². The van der Waals surface area contributed by atoms with E-state index in [0.717, 1.165) is 16.4 Å². The quantitative estimate of drug-likeness (QED) is 0.212. The third kappa shape index (κ3) is 7.75. The van der Waals surface area contributed by atoms with E-state index in [0.29, 0.717) is 12.0 Å². The van der Waals surface area contributed by atoms with Crippen LogP contribution in [0.25, 0.3) is 0 Å². The second kappa shape index (κ2) is 13.8. The first-order valence-corrected chi connectivity index (χ1v) is 14.9. The number of hydrogen-bond acceptors (Lipinski definition) is 6. The van der Waals surface area contributed by atoms with Crippen molar-refractivity contribution >= 4 is 56.4 Å². The molecule has 2 atom stereocenters. The van der Waals surface area contributed by atoms with E-state index in [2.05, 4.69) is 5.32 Å². The Labute approximate surface area is 249 Å². The predicted molar refractivity (Wildman–Crippen MR) is 158 cm³/mol. The van der Waals surface area contributed by atoms with Crippen LogP contribution in [0.3, 0.4) is 0 Å². The lowest BCUT2D eigenvalue weighted by molar-refractivity contribution is -0.384. The lowest BCUT2D eigenvalue weighted by atomic mass is 10.1. The van der Waals surface area contributed by atoms with Crippen molar-refractivity contribution in [3.05, 3.63) is 98.5 Å². The number of carbonyl (C=O) groups is 2. The fourth-order valence-electron chi connectivity index (χ4n) is 3.89. The zero-order chi connectivity index (χ0) is 30.3. The van der Waals surface area contributed by atoms with Gasteiger partial charge in [-0.1, -0.05) is 54.4 Å². The Morgan fingerprint density at radius 3 is 2.07 bits per heavy atom. The molecule has 2 amide bonds. The molecule has 0 aromatic heterocycles. The Morgan fingerprint density at radius 2 is 1.54 bits per heavy atom. The Kier molecular flexibility index (Phi) is 10.7. The summed E-state index contributed by atoms with van der Waals surface area (Å²) in [5, 5.41) is 14.6. The molecule has 3 rings (SSSR count). The summed E-state index contributed by atoms with van der Waals surface area (Å²) in [5.74, 6) is -1.16. The summed E-state index contributed by atoms with van der Waals surface area (Å²) in [5.41, 5.74) is 0.169.